The normalized spacial score (nSPS) is 14.2. The molecule has 0 atom stereocenters. The molecule has 1 amide bonds. The summed E-state index contributed by atoms with van der Waals surface area (Å²) in [6, 6.07) is 7.61. The fourth-order valence-corrected chi connectivity index (χ4v) is 3.36. The van der Waals surface area contributed by atoms with Gasteiger partial charge < -0.3 is 10.1 Å². The van der Waals surface area contributed by atoms with Gasteiger partial charge in [0.15, 0.2) is 0 Å². The van der Waals surface area contributed by atoms with Gasteiger partial charge in [-0.3, -0.25) is 4.79 Å². The van der Waals surface area contributed by atoms with Crippen molar-refractivity contribution in [3.63, 3.8) is 0 Å². The van der Waals surface area contributed by atoms with Crippen LogP contribution in [0, 0.1) is 11.3 Å². The van der Waals surface area contributed by atoms with Gasteiger partial charge in [-0.1, -0.05) is 32.1 Å². The van der Waals surface area contributed by atoms with Crippen LogP contribution in [0.15, 0.2) is 34.9 Å². The van der Waals surface area contributed by atoms with Gasteiger partial charge in [0.2, 0.25) is 5.91 Å². The van der Waals surface area contributed by atoms with Crippen molar-refractivity contribution in [1.82, 2.24) is 20.0 Å². The summed E-state index contributed by atoms with van der Waals surface area (Å²) in [5.41, 5.74) is 2.26. The van der Waals surface area contributed by atoms with Crippen molar-refractivity contribution < 1.29 is 9.53 Å². The number of carbonyl (C=O) groups is 1. The number of halogens is 1. The first-order valence-electron chi connectivity index (χ1n) is 9.72. The third-order valence-electron chi connectivity index (χ3n) is 4.86. The van der Waals surface area contributed by atoms with Gasteiger partial charge in [0.1, 0.15) is 23.7 Å². The van der Waals surface area contributed by atoms with Crippen molar-refractivity contribution in [1.29, 1.82) is 0 Å². The van der Waals surface area contributed by atoms with Gasteiger partial charge in [0, 0.05) is 23.7 Å². The Morgan fingerprint density at radius 2 is 2.07 bits per heavy atom. The van der Waals surface area contributed by atoms with Gasteiger partial charge in [-0.15, -0.1) is 5.10 Å². The van der Waals surface area contributed by atoms with Crippen LogP contribution in [-0.4, -0.2) is 25.9 Å². The van der Waals surface area contributed by atoms with Crippen LogP contribution in [0.25, 0.3) is 11.0 Å². The number of rotatable bonds is 6. The topological polar surface area (TPSA) is 81.9 Å². The first-order chi connectivity index (χ1) is 13.8. The number of anilines is 1. The van der Waals surface area contributed by atoms with Crippen LogP contribution in [0.5, 0.6) is 5.75 Å². The number of nitrogens with one attached hydrogen (secondary N) is 1. The molecule has 152 valence electrons. The molecule has 0 aliphatic heterocycles. The molecule has 1 aliphatic rings. The van der Waals surface area contributed by atoms with E-state index in [2.05, 4.69) is 36.5 Å². The average Bonchev–Trinajstić information content (AvgIpc) is 3.40. The van der Waals surface area contributed by atoms with Gasteiger partial charge in [-0.05, 0) is 52.9 Å². The highest BCUT2D eigenvalue weighted by Gasteiger charge is 2.24. The number of ether oxygens (including phenoxy) is 1. The molecule has 2 aromatic heterocycles. The monoisotopic (exact) mass is 457 g/mol. The molecule has 2 heterocycles. The predicted molar refractivity (Wildman–Crippen MR) is 115 cm³/mol. The van der Waals surface area contributed by atoms with Crippen molar-refractivity contribution in [3.8, 4) is 5.75 Å². The molecule has 0 spiro atoms. The lowest BCUT2D eigenvalue weighted by atomic mass is 9.96. The molecule has 29 heavy (non-hydrogen) atoms. The van der Waals surface area contributed by atoms with E-state index in [4.69, 9.17) is 4.74 Å². The molecule has 1 N–H and O–H groups in total. The molecule has 3 aromatic rings. The largest absolute Gasteiger partial charge is 0.488 e. The standard InChI is InChI=1S/C21H24BrN5O2/c1-21(2,3)20(28)24-17-9-6-14(10-23-17)12-29-16-8-7-15-19(18(16)22)25-26-27(15)11-13-4-5-13/h6-10,13H,4-5,11-12H2,1-3H3,(H,23,24,28). The molecule has 8 heteroatoms. The number of benzene rings is 1. The summed E-state index contributed by atoms with van der Waals surface area (Å²) in [7, 11) is 0. The summed E-state index contributed by atoms with van der Waals surface area (Å²) in [5, 5.41) is 11.4. The minimum Gasteiger partial charge on any atom is -0.488 e. The van der Waals surface area contributed by atoms with Crippen LogP contribution in [-0.2, 0) is 17.9 Å². The molecule has 0 saturated heterocycles. The van der Waals surface area contributed by atoms with E-state index in [1.54, 1.807) is 12.3 Å². The second-order valence-electron chi connectivity index (χ2n) is 8.50. The molecule has 7 nitrogen and oxygen atoms in total. The zero-order valence-corrected chi connectivity index (χ0v) is 18.4. The summed E-state index contributed by atoms with van der Waals surface area (Å²) < 4.78 is 8.73. The Hall–Kier alpha value is -2.48. The molecule has 0 bridgehead atoms. The minimum absolute atomic E-state index is 0.0686. The van der Waals surface area contributed by atoms with E-state index in [0.717, 1.165) is 33.5 Å². The molecule has 1 aromatic carbocycles. The van der Waals surface area contributed by atoms with Crippen molar-refractivity contribution >= 4 is 38.7 Å². The summed E-state index contributed by atoms with van der Waals surface area (Å²) in [5.74, 6) is 1.91. The maximum Gasteiger partial charge on any atom is 0.230 e. The van der Waals surface area contributed by atoms with E-state index >= 15 is 0 Å². The zero-order chi connectivity index (χ0) is 20.6. The van der Waals surface area contributed by atoms with E-state index in [0.29, 0.717) is 18.2 Å². The molecular weight excluding hydrogens is 434 g/mol. The Balaban J connectivity index is 1.41. The molecule has 0 unspecified atom stereocenters. The second-order valence-corrected chi connectivity index (χ2v) is 9.30. The Bertz CT molecular complexity index is 1040. The smallest absolute Gasteiger partial charge is 0.230 e. The van der Waals surface area contributed by atoms with Gasteiger partial charge in [-0.2, -0.15) is 0 Å². The summed E-state index contributed by atoms with van der Waals surface area (Å²) in [6.07, 6.45) is 4.25. The predicted octanol–water partition coefficient (Wildman–Crippen LogP) is 4.56. The number of hydrogen-bond donors (Lipinski definition) is 1. The highest BCUT2D eigenvalue weighted by Crippen LogP contribution is 2.35. The molecule has 4 rings (SSSR count). The average molecular weight is 458 g/mol. The third-order valence-corrected chi connectivity index (χ3v) is 5.63. The SMILES string of the molecule is CC(C)(C)C(=O)Nc1ccc(COc2ccc3c(nnn3CC3CC3)c2Br)cn1. The fraction of sp³-hybridized carbons (Fsp3) is 0.429. The van der Waals surface area contributed by atoms with E-state index in [1.807, 2.05) is 43.7 Å². The van der Waals surface area contributed by atoms with Crippen molar-refractivity contribution in [3.05, 3.63) is 40.5 Å². The number of nitrogens with zero attached hydrogens (tertiary/aromatic N) is 4. The first-order valence-corrected chi connectivity index (χ1v) is 10.5. The Morgan fingerprint density at radius 1 is 1.28 bits per heavy atom. The number of fused-ring (bicyclic) bond motifs is 1. The number of carbonyl (C=O) groups excluding carboxylic acids is 1. The van der Waals surface area contributed by atoms with Gasteiger partial charge in [0.05, 0.1) is 9.99 Å². The van der Waals surface area contributed by atoms with Crippen molar-refractivity contribution in [2.24, 2.45) is 11.3 Å². The first kappa shape index (κ1) is 19.8. The highest BCUT2D eigenvalue weighted by atomic mass is 79.9. The van der Waals surface area contributed by atoms with E-state index < -0.39 is 5.41 Å². The highest BCUT2D eigenvalue weighted by molar-refractivity contribution is 9.10. The fourth-order valence-electron chi connectivity index (χ4n) is 2.83. The second kappa shape index (κ2) is 7.74. The van der Waals surface area contributed by atoms with Crippen LogP contribution in [0.4, 0.5) is 5.82 Å². The molecular formula is C21H24BrN5O2. The van der Waals surface area contributed by atoms with Crippen LogP contribution < -0.4 is 10.1 Å². The Kier molecular flexibility index (Phi) is 5.29. The van der Waals surface area contributed by atoms with E-state index in [-0.39, 0.29) is 5.91 Å². The molecule has 1 aliphatic carbocycles. The molecule has 0 radical (unpaired) electrons. The van der Waals surface area contributed by atoms with E-state index in [9.17, 15) is 4.79 Å². The number of amides is 1. The maximum absolute atomic E-state index is 12.0. The Morgan fingerprint density at radius 3 is 2.72 bits per heavy atom. The molecule has 1 saturated carbocycles. The lowest BCUT2D eigenvalue weighted by Gasteiger charge is -2.17. The van der Waals surface area contributed by atoms with Gasteiger partial charge >= 0.3 is 0 Å². The molecule has 1 fully saturated rings. The lowest BCUT2D eigenvalue weighted by Crippen LogP contribution is -2.28. The summed E-state index contributed by atoms with van der Waals surface area (Å²) >= 11 is 3.60. The van der Waals surface area contributed by atoms with E-state index in [1.165, 1.54) is 12.8 Å². The van der Waals surface area contributed by atoms with Crippen LogP contribution in [0.3, 0.4) is 0 Å². The van der Waals surface area contributed by atoms with Gasteiger partial charge in [-0.25, -0.2) is 9.67 Å². The summed E-state index contributed by atoms with van der Waals surface area (Å²) in [6.45, 7) is 6.88. The maximum atomic E-state index is 12.0. The lowest BCUT2D eigenvalue weighted by molar-refractivity contribution is -0.123. The number of aromatic nitrogens is 4. The minimum atomic E-state index is -0.463. The Labute approximate surface area is 178 Å². The number of pyridine rings is 1. The van der Waals surface area contributed by atoms with Crippen LogP contribution in [0.1, 0.15) is 39.2 Å². The third kappa shape index (κ3) is 4.58. The van der Waals surface area contributed by atoms with Crippen molar-refractivity contribution in [2.75, 3.05) is 5.32 Å². The number of hydrogen-bond acceptors (Lipinski definition) is 5. The van der Waals surface area contributed by atoms with Crippen LogP contribution in [0.2, 0.25) is 0 Å². The zero-order valence-electron chi connectivity index (χ0n) is 16.8. The van der Waals surface area contributed by atoms with Crippen LogP contribution >= 0.6 is 15.9 Å². The quantitative estimate of drug-likeness (QED) is 0.586. The summed E-state index contributed by atoms with van der Waals surface area (Å²) in [4.78, 5) is 16.3. The van der Waals surface area contributed by atoms with Gasteiger partial charge in [0.25, 0.3) is 0 Å². The van der Waals surface area contributed by atoms with Crippen molar-refractivity contribution in [2.45, 2.75) is 46.8 Å².